The molecule has 0 aromatic heterocycles. The van der Waals surface area contributed by atoms with E-state index in [0.29, 0.717) is 11.6 Å². The van der Waals surface area contributed by atoms with Crippen molar-refractivity contribution in [3.8, 4) is 0 Å². The Morgan fingerprint density at radius 1 is 1.23 bits per heavy atom. The lowest BCUT2D eigenvalue weighted by Crippen LogP contribution is -2.46. The second kappa shape index (κ2) is 6.96. The molecule has 0 amide bonds. The Bertz CT molecular complexity index is 495. The van der Waals surface area contributed by atoms with Crippen molar-refractivity contribution in [3.63, 3.8) is 0 Å². The average molecular weight is 318 g/mol. The van der Waals surface area contributed by atoms with Gasteiger partial charge >= 0.3 is 6.18 Å². The van der Waals surface area contributed by atoms with Crippen LogP contribution in [0.15, 0.2) is 18.2 Å². The van der Waals surface area contributed by atoms with Gasteiger partial charge in [-0.25, -0.2) is 4.39 Å². The van der Waals surface area contributed by atoms with E-state index in [4.69, 9.17) is 0 Å². The number of benzene rings is 1. The van der Waals surface area contributed by atoms with Crippen LogP contribution in [0.25, 0.3) is 0 Å². The van der Waals surface area contributed by atoms with Gasteiger partial charge in [0.2, 0.25) is 0 Å². The largest absolute Gasteiger partial charge is 0.416 e. The summed E-state index contributed by atoms with van der Waals surface area (Å²) >= 11 is 0. The van der Waals surface area contributed by atoms with E-state index in [0.717, 1.165) is 38.7 Å². The number of piperazine rings is 1. The molecule has 0 saturated carbocycles. The molecule has 1 aliphatic rings. The number of hydrogen-bond donors (Lipinski definition) is 1. The van der Waals surface area contributed by atoms with Crippen molar-refractivity contribution in [3.05, 3.63) is 35.1 Å². The van der Waals surface area contributed by atoms with Crippen molar-refractivity contribution in [1.82, 2.24) is 10.2 Å². The molecular weight excluding hydrogens is 296 g/mol. The molecule has 0 radical (unpaired) electrons. The van der Waals surface area contributed by atoms with Crippen LogP contribution in [0.4, 0.5) is 17.6 Å². The van der Waals surface area contributed by atoms with Crippen LogP contribution in [-0.4, -0.2) is 31.1 Å². The van der Waals surface area contributed by atoms with Gasteiger partial charge in [0.25, 0.3) is 0 Å². The van der Waals surface area contributed by atoms with Crippen LogP contribution >= 0.6 is 0 Å². The maximum Gasteiger partial charge on any atom is 0.416 e. The number of nitrogens with one attached hydrogen (secondary N) is 1. The quantitative estimate of drug-likeness (QED) is 0.849. The van der Waals surface area contributed by atoms with Crippen molar-refractivity contribution in [2.24, 2.45) is 5.92 Å². The average Bonchev–Trinajstić information content (AvgIpc) is 2.49. The van der Waals surface area contributed by atoms with Crippen molar-refractivity contribution in [1.29, 1.82) is 0 Å². The lowest BCUT2D eigenvalue weighted by Gasteiger charge is -2.38. The van der Waals surface area contributed by atoms with Gasteiger partial charge in [-0.05, 0) is 18.1 Å². The first-order valence-corrected chi connectivity index (χ1v) is 7.66. The summed E-state index contributed by atoms with van der Waals surface area (Å²) in [5.41, 5.74) is -0.568. The number of alkyl halides is 3. The summed E-state index contributed by atoms with van der Waals surface area (Å²) in [5, 5.41) is 3.24. The standard InChI is InChI=1S/C16H22F4N2/c1-3-11(2)15(22-8-6-21-7-9-22)13-5-4-12(10-14(13)17)16(18,19)20/h4-5,10-11,15,21H,3,6-9H2,1-2H3/t11?,15-/m1/s1. The van der Waals surface area contributed by atoms with Crippen molar-refractivity contribution < 1.29 is 17.6 Å². The monoisotopic (exact) mass is 318 g/mol. The Morgan fingerprint density at radius 2 is 1.86 bits per heavy atom. The Morgan fingerprint density at radius 3 is 2.36 bits per heavy atom. The highest BCUT2D eigenvalue weighted by Gasteiger charge is 2.33. The zero-order chi connectivity index (χ0) is 16.3. The summed E-state index contributed by atoms with van der Waals surface area (Å²) in [4.78, 5) is 2.16. The Hall–Kier alpha value is -1.14. The van der Waals surface area contributed by atoms with Gasteiger partial charge in [-0.1, -0.05) is 26.3 Å². The van der Waals surface area contributed by atoms with Gasteiger partial charge in [0.05, 0.1) is 5.56 Å². The summed E-state index contributed by atoms with van der Waals surface area (Å²) in [6, 6.07) is 2.72. The fourth-order valence-corrected chi connectivity index (χ4v) is 2.99. The second-order valence-electron chi connectivity index (χ2n) is 5.85. The minimum atomic E-state index is -4.51. The van der Waals surface area contributed by atoms with Gasteiger partial charge in [-0.15, -0.1) is 0 Å². The Labute approximate surface area is 128 Å². The molecular formula is C16H22F4N2. The normalized spacial score (nSPS) is 19.9. The Kier molecular flexibility index (Phi) is 5.45. The highest BCUT2D eigenvalue weighted by Crippen LogP contribution is 2.36. The Balaban J connectivity index is 2.35. The van der Waals surface area contributed by atoms with E-state index in [1.54, 1.807) is 0 Å². The van der Waals surface area contributed by atoms with Crippen LogP contribution in [0, 0.1) is 11.7 Å². The molecule has 2 rings (SSSR count). The third kappa shape index (κ3) is 3.79. The first-order valence-electron chi connectivity index (χ1n) is 7.66. The van der Waals surface area contributed by atoms with Gasteiger partial charge in [0.15, 0.2) is 0 Å². The first-order chi connectivity index (χ1) is 10.3. The molecule has 2 nitrogen and oxygen atoms in total. The van der Waals surface area contributed by atoms with Crippen LogP contribution in [0.5, 0.6) is 0 Å². The minimum absolute atomic E-state index is 0.171. The highest BCUT2D eigenvalue weighted by atomic mass is 19.4. The van der Waals surface area contributed by atoms with E-state index in [2.05, 4.69) is 10.2 Å². The molecule has 1 saturated heterocycles. The molecule has 6 heteroatoms. The van der Waals surface area contributed by atoms with E-state index in [-0.39, 0.29) is 12.0 Å². The summed E-state index contributed by atoms with van der Waals surface area (Å²) < 4.78 is 52.4. The molecule has 0 bridgehead atoms. The maximum absolute atomic E-state index is 14.3. The molecule has 1 aromatic rings. The number of nitrogens with zero attached hydrogens (tertiary/aromatic N) is 1. The second-order valence-corrected chi connectivity index (χ2v) is 5.85. The van der Waals surface area contributed by atoms with Crippen molar-refractivity contribution >= 4 is 0 Å². The maximum atomic E-state index is 14.3. The van der Waals surface area contributed by atoms with Gasteiger partial charge in [-0.2, -0.15) is 13.2 Å². The molecule has 0 spiro atoms. The number of halogens is 4. The van der Waals surface area contributed by atoms with Gasteiger partial charge in [-0.3, -0.25) is 4.90 Å². The fraction of sp³-hybridized carbons (Fsp3) is 0.625. The van der Waals surface area contributed by atoms with E-state index in [1.165, 1.54) is 6.07 Å². The van der Waals surface area contributed by atoms with Crippen LogP contribution in [-0.2, 0) is 6.18 Å². The molecule has 2 atom stereocenters. The van der Waals surface area contributed by atoms with Gasteiger partial charge in [0.1, 0.15) is 5.82 Å². The fourth-order valence-electron chi connectivity index (χ4n) is 2.99. The predicted molar refractivity (Wildman–Crippen MR) is 78.0 cm³/mol. The molecule has 22 heavy (non-hydrogen) atoms. The third-order valence-electron chi connectivity index (χ3n) is 4.37. The third-order valence-corrected chi connectivity index (χ3v) is 4.37. The summed E-state index contributed by atoms with van der Waals surface area (Å²) in [5.74, 6) is -0.594. The van der Waals surface area contributed by atoms with Gasteiger partial charge in [0, 0.05) is 37.8 Å². The summed E-state index contributed by atoms with van der Waals surface area (Å²) in [6.45, 7) is 7.21. The van der Waals surface area contributed by atoms with E-state index < -0.39 is 17.6 Å². The number of rotatable bonds is 4. The van der Waals surface area contributed by atoms with Crippen molar-refractivity contribution in [2.75, 3.05) is 26.2 Å². The molecule has 1 aliphatic heterocycles. The molecule has 1 heterocycles. The zero-order valence-corrected chi connectivity index (χ0v) is 12.9. The minimum Gasteiger partial charge on any atom is -0.314 e. The van der Waals surface area contributed by atoms with Crippen LogP contribution < -0.4 is 5.32 Å². The van der Waals surface area contributed by atoms with Crippen molar-refractivity contribution in [2.45, 2.75) is 32.5 Å². The zero-order valence-electron chi connectivity index (χ0n) is 12.9. The molecule has 1 aromatic carbocycles. The predicted octanol–water partition coefficient (Wildman–Crippen LogP) is 3.84. The smallest absolute Gasteiger partial charge is 0.314 e. The SMILES string of the molecule is CCC(C)[C@H](c1ccc(C(F)(F)F)cc1F)N1CCNCC1. The van der Waals surface area contributed by atoms with Crippen LogP contribution in [0.3, 0.4) is 0 Å². The molecule has 1 fully saturated rings. The molecule has 124 valence electrons. The summed E-state index contributed by atoms with van der Waals surface area (Å²) in [6.07, 6.45) is -3.67. The van der Waals surface area contributed by atoms with Gasteiger partial charge < -0.3 is 5.32 Å². The van der Waals surface area contributed by atoms with E-state index in [1.807, 2.05) is 13.8 Å². The topological polar surface area (TPSA) is 15.3 Å². The number of hydrogen-bond acceptors (Lipinski definition) is 2. The highest BCUT2D eigenvalue weighted by molar-refractivity contribution is 5.29. The molecule has 1 unspecified atom stereocenters. The molecule has 0 aliphatic carbocycles. The lowest BCUT2D eigenvalue weighted by atomic mass is 9.89. The lowest BCUT2D eigenvalue weighted by molar-refractivity contribution is -0.137. The van der Waals surface area contributed by atoms with Crippen LogP contribution in [0.2, 0.25) is 0 Å². The van der Waals surface area contributed by atoms with E-state index in [9.17, 15) is 17.6 Å². The van der Waals surface area contributed by atoms with Crippen LogP contribution in [0.1, 0.15) is 37.4 Å². The summed E-state index contributed by atoms with van der Waals surface area (Å²) in [7, 11) is 0. The van der Waals surface area contributed by atoms with E-state index >= 15 is 0 Å². The first kappa shape index (κ1) is 17.2. The molecule has 1 N–H and O–H groups in total.